The molecule has 2 aromatic rings. The molecule has 4 heteroatoms. The second kappa shape index (κ2) is 6.35. The largest absolute Gasteiger partial charge is 0.383 e. The van der Waals surface area contributed by atoms with Crippen LogP contribution in [0, 0.1) is 5.92 Å². The number of fused-ring (bicyclic) bond motifs is 1. The van der Waals surface area contributed by atoms with Crippen LogP contribution in [0.1, 0.15) is 13.8 Å². The molecule has 0 amide bonds. The van der Waals surface area contributed by atoms with E-state index < -0.39 is 0 Å². The van der Waals surface area contributed by atoms with E-state index in [4.69, 9.17) is 4.74 Å². The molecule has 1 aromatic heterocycles. The number of benzene rings is 1. The van der Waals surface area contributed by atoms with Gasteiger partial charge >= 0.3 is 0 Å². The van der Waals surface area contributed by atoms with Crippen molar-refractivity contribution in [3.63, 3.8) is 0 Å². The van der Waals surface area contributed by atoms with Gasteiger partial charge in [-0.3, -0.25) is 0 Å². The summed E-state index contributed by atoms with van der Waals surface area (Å²) in [7, 11) is 1.73. The fourth-order valence-electron chi connectivity index (χ4n) is 2.04. The average Bonchev–Trinajstić information content (AvgIpc) is 2.39. The number of ether oxygens (including phenoxy) is 1. The van der Waals surface area contributed by atoms with Gasteiger partial charge in [0.25, 0.3) is 0 Å². The lowest BCUT2D eigenvalue weighted by Crippen LogP contribution is -2.30. The molecule has 1 heterocycles. The molecular weight excluding hydrogens is 304 g/mol. The first-order valence-electron chi connectivity index (χ1n) is 6.42. The number of pyridine rings is 1. The quantitative estimate of drug-likeness (QED) is 0.900. The van der Waals surface area contributed by atoms with Crippen LogP contribution in [0.3, 0.4) is 0 Å². The Hall–Kier alpha value is -1.13. The van der Waals surface area contributed by atoms with Crippen molar-refractivity contribution >= 4 is 32.5 Å². The molecule has 2 rings (SSSR count). The van der Waals surface area contributed by atoms with Crippen molar-refractivity contribution in [2.45, 2.75) is 19.9 Å². The first-order chi connectivity index (χ1) is 9.13. The van der Waals surface area contributed by atoms with Gasteiger partial charge in [0.2, 0.25) is 0 Å². The van der Waals surface area contributed by atoms with Gasteiger partial charge in [0.15, 0.2) is 0 Å². The van der Waals surface area contributed by atoms with Gasteiger partial charge in [-0.15, -0.1) is 0 Å². The molecule has 1 N–H and O–H groups in total. The summed E-state index contributed by atoms with van der Waals surface area (Å²) < 4.78 is 6.36. The maximum atomic E-state index is 5.27. The van der Waals surface area contributed by atoms with E-state index in [0.29, 0.717) is 12.5 Å². The Labute approximate surface area is 122 Å². The summed E-state index contributed by atoms with van der Waals surface area (Å²) >= 11 is 3.58. The van der Waals surface area contributed by atoms with E-state index in [1.54, 1.807) is 7.11 Å². The minimum Gasteiger partial charge on any atom is -0.383 e. The van der Waals surface area contributed by atoms with E-state index in [0.717, 1.165) is 15.7 Å². The summed E-state index contributed by atoms with van der Waals surface area (Å²) in [4.78, 5) is 4.46. The average molecular weight is 323 g/mol. The third kappa shape index (κ3) is 3.25. The molecule has 102 valence electrons. The molecule has 1 unspecified atom stereocenters. The Balaban J connectivity index is 2.37. The first kappa shape index (κ1) is 14.3. The number of halogens is 1. The molecule has 0 saturated carbocycles. The molecule has 1 aromatic carbocycles. The molecule has 0 aliphatic carbocycles. The summed E-state index contributed by atoms with van der Waals surface area (Å²) in [6.45, 7) is 5.03. The lowest BCUT2D eigenvalue weighted by atomic mass is 10.0. The van der Waals surface area contributed by atoms with E-state index in [2.05, 4.69) is 46.1 Å². The number of nitrogens with zero attached hydrogens (tertiary/aromatic N) is 1. The van der Waals surface area contributed by atoms with Crippen molar-refractivity contribution in [2.24, 2.45) is 5.92 Å². The third-order valence-electron chi connectivity index (χ3n) is 3.23. The van der Waals surface area contributed by atoms with E-state index in [1.165, 1.54) is 5.39 Å². The summed E-state index contributed by atoms with van der Waals surface area (Å²) in [6, 6.07) is 8.42. The molecule has 0 spiro atoms. The van der Waals surface area contributed by atoms with Gasteiger partial charge in [0.05, 0.1) is 12.6 Å². The maximum Gasteiger partial charge on any atom is 0.134 e. The van der Waals surface area contributed by atoms with E-state index >= 15 is 0 Å². The Morgan fingerprint density at radius 1 is 1.26 bits per heavy atom. The van der Waals surface area contributed by atoms with Crippen LogP contribution in [0.15, 0.2) is 34.9 Å². The summed E-state index contributed by atoms with van der Waals surface area (Å²) in [6.07, 6.45) is 1.83. The number of nitrogens with one attached hydrogen (secondary N) is 1. The van der Waals surface area contributed by atoms with Gasteiger partial charge in [-0.25, -0.2) is 4.98 Å². The van der Waals surface area contributed by atoms with E-state index in [1.807, 2.05) is 24.4 Å². The molecule has 0 aliphatic rings. The Bertz CT molecular complexity index is 557. The predicted octanol–water partition coefficient (Wildman–Crippen LogP) is 4.08. The number of methoxy groups -OCH3 is 1. The van der Waals surface area contributed by atoms with Gasteiger partial charge in [-0.1, -0.05) is 41.9 Å². The van der Waals surface area contributed by atoms with Crippen molar-refractivity contribution in [1.29, 1.82) is 0 Å². The minimum atomic E-state index is 0.252. The molecule has 1 atom stereocenters. The highest BCUT2D eigenvalue weighted by molar-refractivity contribution is 9.10. The van der Waals surface area contributed by atoms with Gasteiger partial charge < -0.3 is 10.1 Å². The Morgan fingerprint density at radius 2 is 2.05 bits per heavy atom. The van der Waals surface area contributed by atoms with Gasteiger partial charge in [0.1, 0.15) is 5.82 Å². The van der Waals surface area contributed by atoms with Crippen molar-refractivity contribution in [2.75, 3.05) is 19.0 Å². The van der Waals surface area contributed by atoms with Crippen LogP contribution in [-0.2, 0) is 4.74 Å². The summed E-state index contributed by atoms with van der Waals surface area (Å²) in [5.74, 6) is 1.39. The van der Waals surface area contributed by atoms with Crippen LogP contribution >= 0.6 is 15.9 Å². The number of anilines is 1. The highest BCUT2D eigenvalue weighted by Crippen LogP contribution is 2.28. The highest BCUT2D eigenvalue weighted by atomic mass is 79.9. The summed E-state index contributed by atoms with van der Waals surface area (Å²) in [5.41, 5.74) is 0. The minimum absolute atomic E-state index is 0.252. The van der Waals surface area contributed by atoms with Crippen molar-refractivity contribution in [3.8, 4) is 0 Å². The maximum absolute atomic E-state index is 5.27. The number of rotatable bonds is 5. The lowest BCUT2D eigenvalue weighted by Gasteiger charge is -2.23. The second-order valence-corrected chi connectivity index (χ2v) is 5.80. The molecule has 19 heavy (non-hydrogen) atoms. The Morgan fingerprint density at radius 3 is 2.74 bits per heavy atom. The van der Waals surface area contributed by atoms with Gasteiger partial charge in [-0.2, -0.15) is 0 Å². The molecule has 0 aliphatic heterocycles. The fourth-order valence-corrected chi connectivity index (χ4v) is 2.54. The van der Waals surface area contributed by atoms with Crippen molar-refractivity contribution in [1.82, 2.24) is 4.98 Å². The lowest BCUT2D eigenvalue weighted by molar-refractivity contribution is 0.171. The standard InChI is InChI=1S/C15H19BrN2O/c1-10(2)14(9-19-3)18-15-12-5-4-6-13(16)11(12)7-8-17-15/h4-8,10,14H,9H2,1-3H3,(H,17,18). The van der Waals surface area contributed by atoms with Crippen LogP contribution < -0.4 is 5.32 Å². The van der Waals surface area contributed by atoms with Crippen molar-refractivity contribution < 1.29 is 4.74 Å². The van der Waals surface area contributed by atoms with Crippen LogP contribution in [0.5, 0.6) is 0 Å². The summed E-state index contributed by atoms with van der Waals surface area (Å²) in [5, 5.41) is 5.78. The van der Waals surface area contributed by atoms with Crippen LogP contribution in [0.25, 0.3) is 10.8 Å². The number of hydrogen-bond donors (Lipinski definition) is 1. The van der Waals surface area contributed by atoms with E-state index in [-0.39, 0.29) is 6.04 Å². The van der Waals surface area contributed by atoms with Crippen LogP contribution in [0.4, 0.5) is 5.82 Å². The molecule has 0 saturated heterocycles. The second-order valence-electron chi connectivity index (χ2n) is 4.94. The van der Waals surface area contributed by atoms with Crippen LogP contribution in [0.2, 0.25) is 0 Å². The normalized spacial score (nSPS) is 12.9. The molecular formula is C15H19BrN2O. The molecule has 0 radical (unpaired) electrons. The Kier molecular flexibility index (Phi) is 4.77. The zero-order valence-corrected chi connectivity index (χ0v) is 13.1. The monoisotopic (exact) mass is 322 g/mol. The fraction of sp³-hybridized carbons (Fsp3) is 0.400. The number of hydrogen-bond acceptors (Lipinski definition) is 3. The van der Waals surface area contributed by atoms with Gasteiger partial charge in [-0.05, 0) is 18.1 Å². The predicted molar refractivity (Wildman–Crippen MR) is 83.6 cm³/mol. The first-order valence-corrected chi connectivity index (χ1v) is 7.21. The van der Waals surface area contributed by atoms with Crippen LogP contribution in [-0.4, -0.2) is 24.7 Å². The number of aromatic nitrogens is 1. The topological polar surface area (TPSA) is 34.1 Å². The molecule has 3 nitrogen and oxygen atoms in total. The zero-order valence-electron chi connectivity index (χ0n) is 11.5. The molecule has 0 bridgehead atoms. The molecule has 0 fully saturated rings. The highest BCUT2D eigenvalue weighted by Gasteiger charge is 2.15. The van der Waals surface area contributed by atoms with E-state index in [9.17, 15) is 0 Å². The van der Waals surface area contributed by atoms with Gasteiger partial charge in [0, 0.05) is 28.6 Å². The third-order valence-corrected chi connectivity index (χ3v) is 3.92. The smallest absolute Gasteiger partial charge is 0.134 e. The van der Waals surface area contributed by atoms with Crippen molar-refractivity contribution in [3.05, 3.63) is 34.9 Å². The zero-order chi connectivity index (χ0) is 13.8. The SMILES string of the molecule is COCC(Nc1nccc2c(Br)cccc12)C(C)C.